The van der Waals surface area contributed by atoms with Crippen molar-refractivity contribution in [2.45, 2.75) is 27.2 Å². The molecule has 0 aliphatic heterocycles. The van der Waals surface area contributed by atoms with Gasteiger partial charge >= 0.3 is 6.03 Å². The molecule has 0 saturated carbocycles. The van der Waals surface area contributed by atoms with Crippen LogP contribution in [0.25, 0.3) is 0 Å². The zero-order valence-electron chi connectivity index (χ0n) is 10.7. The molecule has 0 rings (SSSR count). The highest BCUT2D eigenvalue weighted by Crippen LogP contribution is 2.04. The Bertz CT molecular complexity index is 243. The third-order valence-corrected chi connectivity index (χ3v) is 2.49. The molecule has 0 saturated heterocycles. The molecule has 0 heterocycles. The highest BCUT2D eigenvalue weighted by Gasteiger charge is 2.17. The van der Waals surface area contributed by atoms with Crippen molar-refractivity contribution in [3.63, 3.8) is 0 Å². The normalized spacial score (nSPS) is 10.3. The zero-order valence-corrected chi connectivity index (χ0v) is 11.5. The van der Waals surface area contributed by atoms with Crippen LogP contribution >= 0.6 is 12.2 Å². The molecule has 0 atom stereocenters. The average molecular weight is 245 g/mol. The number of rotatable bonds is 6. The van der Waals surface area contributed by atoms with E-state index in [-0.39, 0.29) is 6.03 Å². The fraction of sp³-hybridized carbons (Fsp3) is 0.818. The van der Waals surface area contributed by atoms with E-state index >= 15 is 0 Å². The standard InChI is InChI=1S/C11H23N3OS/c1-5-13(4)11(15)14(8-9(2)3)7-6-10(12)16/h9H,5-8H2,1-4H3,(H2,12,16). The first-order valence-corrected chi connectivity index (χ1v) is 6.07. The van der Waals surface area contributed by atoms with Gasteiger partial charge in [0.25, 0.3) is 0 Å². The second-order valence-electron chi connectivity index (χ2n) is 4.35. The molecule has 0 radical (unpaired) electrons. The third-order valence-electron chi connectivity index (χ3n) is 2.29. The lowest BCUT2D eigenvalue weighted by Gasteiger charge is -2.28. The molecule has 4 nitrogen and oxygen atoms in total. The van der Waals surface area contributed by atoms with E-state index in [0.29, 0.717) is 30.4 Å². The second-order valence-corrected chi connectivity index (χ2v) is 4.88. The Labute approximate surface area is 104 Å². The van der Waals surface area contributed by atoms with E-state index in [9.17, 15) is 4.79 Å². The molecule has 0 aliphatic carbocycles. The van der Waals surface area contributed by atoms with Crippen molar-refractivity contribution in [3.8, 4) is 0 Å². The van der Waals surface area contributed by atoms with Crippen molar-refractivity contribution in [1.82, 2.24) is 9.80 Å². The number of urea groups is 1. The van der Waals surface area contributed by atoms with E-state index in [0.717, 1.165) is 6.54 Å². The van der Waals surface area contributed by atoms with E-state index < -0.39 is 0 Å². The Morgan fingerprint density at radius 3 is 2.38 bits per heavy atom. The van der Waals surface area contributed by atoms with Crippen molar-refractivity contribution in [2.75, 3.05) is 26.7 Å². The quantitative estimate of drug-likeness (QED) is 0.725. The summed E-state index contributed by atoms with van der Waals surface area (Å²) in [5.41, 5.74) is 5.46. The van der Waals surface area contributed by atoms with E-state index in [1.165, 1.54) is 0 Å². The molecule has 0 aromatic rings. The number of thiocarbonyl (C=S) groups is 1. The van der Waals surface area contributed by atoms with Gasteiger partial charge in [-0.25, -0.2) is 4.79 Å². The van der Waals surface area contributed by atoms with Crippen molar-refractivity contribution < 1.29 is 4.79 Å². The summed E-state index contributed by atoms with van der Waals surface area (Å²) in [5.74, 6) is 0.445. The van der Waals surface area contributed by atoms with Gasteiger partial charge in [0.1, 0.15) is 0 Å². The number of carbonyl (C=O) groups is 1. The second kappa shape index (κ2) is 7.44. The highest BCUT2D eigenvalue weighted by atomic mass is 32.1. The Morgan fingerprint density at radius 1 is 1.44 bits per heavy atom. The van der Waals surface area contributed by atoms with Crippen molar-refractivity contribution in [2.24, 2.45) is 11.7 Å². The summed E-state index contributed by atoms with van der Waals surface area (Å²) in [4.78, 5) is 16.0. The lowest BCUT2D eigenvalue weighted by Crippen LogP contribution is -2.44. The summed E-state index contributed by atoms with van der Waals surface area (Å²) in [6, 6.07) is 0.0486. The van der Waals surface area contributed by atoms with E-state index in [2.05, 4.69) is 13.8 Å². The predicted molar refractivity (Wildman–Crippen MR) is 71.5 cm³/mol. The zero-order chi connectivity index (χ0) is 12.7. The van der Waals surface area contributed by atoms with Gasteiger partial charge in [-0.05, 0) is 12.8 Å². The molecule has 94 valence electrons. The molecule has 0 aliphatic rings. The molecule has 2 N–H and O–H groups in total. The topological polar surface area (TPSA) is 49.6 Å². The largest absolute Gasteiger partial charge is 0.393 e. The number of hydrogen-bond acceptors (Lipinski definition) is 2. The Hall–Kier alpha value is -0.840. The number of amides is 2. The van der Waals surface area contributed by atoms with Crippen LogP contribution in [0.1, 0.15) is 27.2 Å². The Kier molecular flexibility index (Phi) is 7.05. The van der Waals surface area contributed by atoms with E-state index in [1.807, 2.05) is 11.8 Å². The van der Waals surface area contributed by atoms with Crippen LogP contribution in [-0.4, -0.2) is 47.5 Å². The fourth-order valence-electron chi connectivity index (χ4n) is 1.33. The van der Waals surface area contributed by atoms with E-state index in [4.69, 9.17) is 18.0 Å². The minimum atomic E-state index is 0.0486. The lowest BCUT2D eigenvalue weighted by molar-refractivity contribution is 0.160. The van der Waals surface area contributed by atoms with Crippen LogP contribution in [0.5, 0.6) is 0 Å². The molecule has 0 bridgehead atoms. The monoisotopic (exact) mass is 245 g/mol. The maximum absolute atomic E-state index is 12.0. The number of nitrogens with zero attached hydrogens (tertiary/aromatic N) is 2. The van der Waals surface area contributed by atoms with Crippen LogP contribution in [-0.2, 0) is 0 Å². The van der Waals surface area contributed by atoms with Gasteiger partial charge in [-0.1, -0.05) is 26.1 Å². The smallest absolute Gasteiger partial charge is 0.319 e. The lowest BCUT2D eigenvalue weighted by atomic mass is 10.2. The van der Waals surface area contributed by atoms with Crippen LogP contribution in [0.2, 0.25) is 0 Å². The summed E-state index contributed by atoms with van der Waals surface area (Å²) in [6.07, 6.45) is 0.589. The number of nitrogens with two attached hydrogens (primary N) is 1. The summed E-state index contributed by atoms with van der Waals surface area (Å²) < 4.78 is 0. The fourth-order valence-corrected chi connectivity index (χ4v) is 1.42. The molecule has 2 amide bonds. The molecule has 0 spiro atoms. The average Bonchev–Trinajstić information content (AvgIpc) is 2.21. The Balaban J connectivity index is 4.40. The van der Waals surface area contributed by atoms with Crippen molar-refractivity contribution in [3.05, 3.63) is 0 Å². The maximum atomic E-state index is 12.0. The van der Waals surface area contributed by atoms with E-state index in [1.54, 1.807) is 11.9 Å². The molecule has 0 aromatic carbocycles. The van der Waals surface area contributed by atoms with Crippen molar-refractivity contribution in [1.29, 1.82) is 0 Å². The molecular formula is C11H23N3OS. The summed E-state index contributed by atoms with van der Waals surface area (Å²) in [7, 11) is 1.80. The van der Waals surface area contributed by atoms with Gasteiger partial charge < -0.3 is 15.5 Å². The van der Waals surface area contributed by atoms with Crippen molar-refractivity contribution >= 4 is 23.2 Å². The van der Waals surface area contributed by atoms with Crippen LogP contribution in [0, 0.1) is 5.92 Å². The minimum Gasteiger partial charge on any atom is -0.393 e. The first-order chi connectivity index (χ1) is 7.38. The minimum absolute atomic E-state index is 0.0486. The van der Waals surface area contributed by atoms with Crippen LogP contribution in [0.15, 0.2) is 0 Å². The van der Waals surface area contributed by atoms with Crippen LogP contribution in [0.4, 0.5) is 4.79 Å². The number of hydrogen-bond donors (Lipinski definition) is 1. The van der Waals surface area contributed by atoms with Crippen LogP contribution < -0.4 is 5.73 Å². The highest BCUT2D eigenvalue weighted by molar-refractivity contribution is 7.80. The third kappa shape index (κ3) is 5.90. The SMILES string of the molecule is CCN(C)C(=O)N(CCC(N)=S)CC(C)C. The van der Waals surface area contributed by atoms with Crippen LogP contribution in [0.3, 0.4) is 0 Å². The van der Waals surface area contributed by atoms with Gasteiger partial charge in [0, 0.05) is 33.1 Å². The molecule has 5 heteroatoms. The molecule has 0 aromatic heterocycles. The summed E-state index contributed by atoms with van der Waals surface area (Å²) >= 11 is 4.83. The maximum Gasteiger partial charge on any atom is 0.319 e. The first-order valence-electron chi connectivity index (χ1n) is 5.66. The number of carbonyl (C=O) groups excluding carboxylic acids is 1. The van der Waals surface area contributed by atoms with Gasteiger partial charge in [0.05, 0.1) is 4.99 Å². The summed E-state index contributed by atoms with van der Waals surface area (Å²) in [5, 5.41) is 0. The Morgan fingerprint density at radius 2 is 2.00 bits per heavy atom. The molecule has 0 unspecified atom stereocenters. The first kappa shape index (κ1) is 15.2. The molecule has 16 heavy (non-hydrogen) atoms. The predicted octanol–water partition coefficient (Wildman–Crippen LogP) is 1.69. The van der Waals surface area contributed by atoms with Gasteiger partial charge in [-0.15, -0.1) is 0 Å². The van der Waals surface area contributed by atoms with Gasteiger partial charge in [0.2, 0.25) is 0 Å². The van der Waals surface area contributed by atoms with Gasteiger partial charge in [-0.3, -0.25) is 0 Å². The van der Waals surface area contributed by atoms with Gasteiger partial charge in [0.15, 0.2) is 0 Å². The summed E-state index contributed by atoms with van der Waals surface area (Å²) in [6.45, 7) is 8.20. The molecule has 0 fully saturated rings. The van der Waals surface area contributed by atoms with Gasteiger partial charge in [-0.2, -0.15) is 0 Å². The molecular weight excluding hydrogens is 222 g/mol.